The number of benzene rings is 1. The van der Waals surface area contributed by atoms with Crippen LogP contribution in [-0.2, 0) is 9.59 Å². The molecule has 1 atom stereocenters. The summed E-state index contributed by atoms with van der Waals surface area (Å²) in [5.74, 6) is -1.14. The van der Waals surface area contributed by atoms with Crippen molar-refractivity contribution in [3.63, 3.8) is 0 Å². The lowest BCUT2D eigenvalue weighted by Crippen LogP contribution is -2.29. The van der Waals surface area contributed by atoms with Crippen molar-refractivity contribution in [2.75, 3.05) is 4.90 Å². The lowest BCUT2D eigenvalue weighted by molar-refractivity contribution is -0.132. The Labute approximate surface area is 177 Å². The number of carbonyl (C=O) groups excluding carboxylic acids is 2. The molecular weight excluding hydrogens is 406 g/mol. The topological polar surface area (TPSA) is 99.4 Å². The van der Waals surface area contributed by atoms with E-state index < -0.39 is 17.7 Å². The van der Waals surface area contributed by atoms with E-state index in [1.54, 1.807) is 44.2 Å². The van der Waals surface area contributed by atoms with Gasteiger partial charge in [0.2, 0.25) is 0 Å². The van der Waals surface area contributed by atoms with Crippen LogP contribution in [0, 0.1) is 27.7 Å². The van der Waals surface area contributed by atoms with Crippen LogP contribution in [0.15, 0.2) is 40.4 Å². The van der Waals surface area contributed by atoms with Gasteiger partial charge in [0, 0.05) is 28.0 Å². The number of hydrogen-bond acceptors (Lipinski definition) is 5. The molecule has 0 saturated carbocycles. The molecule has 2 aromatic heterocycles. The summed E-state index contributed by atoms with van der Waals surface area (Å²) in [7, 11) is 0. The highest BCUT2D eigenvalue weighted by Gasteiger charge is 2.48. The molecule has 1 amide bonds. The molecule has 1 unspecified atom stereocenters. The van der Waals surface area contributed by atoms with Gasteiger partial charge in [0.25, 0.3) is 5.78 Å². The summed E-state index contributed by atoms with van der Waals surface area (Å²) < 4.78 is 5.13. The van der Waals surface area contributed by atoms with Gasteiger partial charge in [0.15, 0.2) is 5.82 Å². The lowest BCUT2D eigenvalue weighted by Gasteiger charge is -2.23. The van der Waals surface area contributed by atoms with Crippen LogP contribution in [0.25, 0.3) is 5.76 Å². The summed E-state index contributed by atoms with van der Waals surface area (Å²) in [6, 6.07) is 7.50. The number of aliphatic hydroxyl groups is 1. The van der Waals surface area contributed by atoms with Gasteiger partial charge in [-0.05, 0) is 51.0 Å². The van der Waals surface area contributed by atoms with Gasteiger partial charge >= 0.3 is 5.91 Å². The fourth-order valence-corrected chi connectivity index (χ4v) is 4.12. The first kappa shape index (κ1) is 20.0. The number of carbonyl (C=O) groups is 2. The highest BCUT2D eigenvalue weighted by molar-refractivity contribution is 6.51. The maximum atomic E-state index is 13.1. The van der Waals surface area contributed by atoms with Crippen LogP contribution < -0.4 is 4.90 Å². The van der Waals surface area contributed by atoms with Crippen molar-refractivity contribution < 1.29 is 19.2 Å². The van der Waals surface area contributed by atoms with Crippen molar-refractivity contribution in [2.45, 2.75) is 33.7 Å². The lowest BCUT2D eigenvalue weighted by atomic mass is 9.94. The number of nitrogens with one attached hydrogen (secondary N) is 1. The number of H-pyrrole nitrogens is 1. The van der Waals surface area contributed by atoms with E-state index >= 15 is 0 Å². The Morgan fingerprint density at radius 1 is 1.17 bits per heavy atom. The number of Topliss-reactive ketones (excluding diaryl/α,β-unsaturated/α-hetero) is 1. The van der Waals surface area contributed by atoms with E-state index in [4.69, 9.17) is 16.1 Å². The van der Waals surface area contributed by atoms with Gasteiger partial charge in [-0.15, -0.1) is 0 Å². The smallest absolute Gasteiger partial charge is 0.301 e. The van der Waals surface area contributed by atoms with Crippen molar-refractivity contribution >= 4 is 34.9 Å². The molecule has 1 fully saturated rings. The zero-order chi connectivity index (χ0) is 21.7. The van der Waals surface area contributed by atoms with Gasteiger partial charge in [0.05, 0.1) is 11.6 Å². The minimum Gasteiger partial charge on any atom is -0.507 e. The van der Waals surface area contributed by atoms with Gasteiger partial charge < -0.3 is 14.6 Å². The number of hydrogen-bond donors (Lipinski definition) is 2. The second-order valence-corrected chi connectivity index (χ2v) is 7.83. The monoisotopic (exact) mass is 425 g/mol. The number of amides is 1. The van der Waals surface area contributed by atoms with Crippen LogP contribution in [0.3, 0.4) is 0 Å². The number of ketones is 1. The molecule has 0 bridgehead atoms. The summed E-state index contributed by atoms with van der Waals surface area (Å²) in [5.41, 5.74) is 3.44. The standard InChI is InChI=1S/C22H20ClN3O4/c1-10-8-16(25-30-10)26-19(14-6-5-7-15(23)9-14)18(21(28)22(26)29)20(27)17-11(2)12(3)24-13(17)4/h5-9,19,24,27H,1-4H3/b20-18+. The second kappa shape index (κ2) is 7.18. The number of aromatic amines is 1. The average molecular weight is 426 g/mol. The summed E-state index contributed by atoms with van der Waals surface area (Å²) in [4.78, 5) is 30.5. The van der Waals surface area contributed by atoms with Crippen LogP contribution in [-0.4, -0.2) is 26.9 Å². The average Bonchev–Trinajstić information content (AvgIpc) is 3.30. The van der Waals surface area contributed by atoms with E-state index in [2.05, 4.69) is 10.1 Å². The minimum absolute atomic E-state index is 0.0203. The quantitative estimate of drug-likeness (QED) is 0.365. The summed E-state index contributed by atoms with van der Waals surface area (Å²) in [6.45, 7) is 7.22. The Morgan fingerprint density at radius 3 is 2.47 bits per heavy atom. The summed E-state index contributed by atoms with van der Waals surface area (Å²) >= 11 is 6.19. The number of aliphatic hydroxyl groups excluding tert-OH is 1. The van der Waals surface area contributed by atoms with E-state index in [1.807, 2.05) is 13.8 Å². The maximum Gasteiger partial charge on any atom is 0.301 e. The van der Waals surface area contributed by atoms with Gasteiger partial charge in [-0.3, -0.25) is 14.5 Å². The van der Waals surface area contributed by atoms with Crippen molar-refractivity contribution in [3.05, 3.63) is 74.8 Å². The minimum atomic E-state index is -0.901. The highest BCUT2D eigenvalue weighted by Crippen LogP contribution is 2.43. The highest BCUT2D eigenvalue weighted by atomic mass is 35.5. The van der Waals surface area contributed by atoms with Crippen molar-refractivity contribution in [1.82, 2.24) is 10.1 Å². The summed E-state index contributed by atoms with van der Waals surface area (Å²) in [6.07, 6.45) is 0. The Kier molecular flexibility index (Phi) is 4.78. The van der Waals surface area contributed by atoms with Gasteiger partial charge in [0.1, 0.15) is 11.5 Å². The maximum absolute atomic E-state index is 13.1. The predicted molar refractivity (Wildman–Crippen MR) is 112 cm³/mol. The largest absolute Gasteiger partial charge is 0.507 e. The molecule has 0 aliphatic carbocycles. The van der Waals surface area contributed by atoms with Crippen LogP contribution in [0.2, 0.25) is 5.02 Å². The predicted octanol–water partition coefficient (Wildman–Crippen LogP) is 4.52. The molecule has 1 saturated heterocycles. The molecule has 8 heteroatoms. The van der Waals surface area contributed by atoms with Gasteiger partial charge in [-0.1, -0.05) is 28.9 Å². The molecule has 4 rings (SSSR count). The fourth-order valence-electron chi connectivity index (χ4n) is 3.92. The molecular formula is C22H20ClN3O4. The number of aromatic nitrogens is 2. The van der Waals surface area contributed by atoms with Crippen LogP contribution in [0.4, 0.5) is 5.82 Å². The van der Waals surface area contributed by atoms with E-state index in [0.29, 0.717) is 27.6 Å². The zero-order valence-corrected chi connectivity index (χ0v) is 17.7. The molecule has 30 heavy (non-hydrogen) atoms. The number of nitrogens with zero attached hydrogens (tertiary/aromatic N) is 2. The molecule has 1 aromatic carbocycles. The van der Waals surface area contributed by atoms with Crippen molar-refractivity contribution in [2.24, 2.45) is 0 Å². The Hall–Kier alpha value is -3.32. The molecule has 1 aliphatic heterocycles. The summed E-state index contributed by atoms with van der Waals surface area (Å²) in [5, 5.41) is 15.6. The Bertz CT molecular complexity index is 1220. The van der Waals surface area contributed by atoms with Crippen molar-refractivity contribution in [1.29, 1.82) is 0 Å². The first-order chi connectivity index (χ1) is 14.2. The molecule has 3 aromatic rings. The molecule has 7 nitrogen and oxygen atoms in total. The molecule has 154 valence electrons. The number of rotatable bonds is 3. The van der Waals surface area contributed by atoms with Gasteiger partial charge in [-0.2, -0.15) is 0 Å². The Morgan fingerprint density at radius 2 is 1.90 bits per heavy atom. The first-order valence-corrected chi connectivity index (χ1v) is 9.74. The second-order valence-electron chi connectivity index (χ2n) is 7.39. The molecule has 2 N–H and O–H groups in total. The molecule has 1 aliphatic rings. The van der Waals surface area contributed by atoms with Crippen LogP contribution in [0.1, 0.15) is 39.9 Å². The van der Waals surface area contributed by atoms with Crippen molar-refractivity contribution in [3.8, 4) is 0 Å². The third-order valence-corrected chi connectivity index (χ3v) is 5.63. The normalized spacial score (nSPS) is 18.4. The third-order valence-electron chi connectivity index (χ3n) is 5.40. The molecule has 0 spiro atoms. The number of aryl methyl sites for hydroxylation is 3. The van der Waals surface area contributed by atoms with E-state index in [9.17, 15) is 14.7 Å². The first-order valence-electron chi connectivity index (χ1n) is 9.36. The number of anilines is 1. The molecule has 3 heterocycles. The van der Waals surface area contributed by atoms with E-state index in [0.717, 1.165) is 11.3 Å². The van der Waals surface area contributed by atoms with Crippen LogP contribution in [0.5, 0.6) is 0 Å². The third kappa shape index (κ3) is 3.02. The fraction of sp³-hybridized carbons (Fsp3) is 0.227. The van der Waals surface area contributed by atoms with Crippen LogP contribution >= 0.6 is 11.6 Å². The zero-order valence-electron chi connectivity index (χ0n) is 16.9. The van der Waals surface area contributed by atoms with E-state index in [1.165, 1.54) is 4.90 Å². The van der Waals surface area contributed by atoms with Gasteiger partial charge in [-0.25, -0.2) is 0 Å². The Balaban J connectivity index is 2.00. The SMILES string of the molecule is Cc1cc(N2C(=O)C(=O)/C(=C(/O)c3c(C)[nH]c(C)c3C)C2c2cccc(Cl)c2)no1. The molecule has 0 radical (unpaired) electrons. The number of halogens is 1. The van der Waals surface area contributed by atoms with E-state index in [-0.39, 0.29) is 17.2 Å².